The van der Waals surface area contributed by atoms with Crippen molar-refractivity contribution in [1.82, 2.24) is 11.0 Å². The molecule has 2 heterocycles. The minimum Gasteiger partial charge on any atom is -0.665 e. The predicted molar refractivity (Wildman–Crippen MR) is 84.4 cm³/mol. The molecule has 2 fully saturated rings. The first-order chi connectivity index (χ1) is 10.4. The quantitative estimate of drug-likeness (QED) is 0.337. The van der Waals surface area contributed by atoms with Crippen LogP contribution in [0.4, 0.5) is 0 Å². The monoisotopic (exact) mass is 375 g/mol. The fourth-order valence-corrected chi connectivity index (χ4v) is 0.299. The van der Waals surface area contributed by atoms with Crippen LogP contribution in [0.5, 0.6) is 0 Å². The first-order valence-electron chi connectivity index (χ1n) is 6.52. The summed E-state index contributed by atoms with van der Waals surface area (Å²) in [5.74, 6) is 0. The van der Waals surface area contributed by atoms with Gasteiger partial charge in [-0.25, -0.2) is 0 Å². The smallest absolute Gasteiger partial charge is 0.665 e. The Morgan fingerprint density at radius 2 is 1.00 bits per heavy atom. The average Bonchev–Trinajstić information content (AvgIpc) is 3.40. The third-order valence-electron chi connectivity index (χ3n) is 2.14. The number of hydroxylamine groups is 2. The van der Waals surface area contributed by atoms with Gasteiger partial charge >= 0.3 is 16.8 Å². The van der Waals surface area contributed by atoms with Gasteiger partial charge in [0.25, 0.3) is 0 Å². The Morgan fingerprint density at radius 1 is 0.783 bits per heavy atom. The maximum Gasteiger partial charge on any atom is 2.00 e. The summed E-state index contributed by atoms with van der Waals surface area (Å²) < 4.78 is 0. The Labute approximate surface area is 146 Å². The van der Waals surface area contributed by atoms with E-state index in [9.17, 15) is 9.81 Å². The third kappa shape index (κ3) is 25.9. The second-order valence-corrected chi connectivity index (χ2v) is 4.17. The third-order valence-corrected chi connectivity index (χ3v) is 2.14. The van der Waals surface area contributed by atoms with Gasteiger partial charge in [0.2, 0.25) is 0 Å². The van der Waals surface area contributed by atoms with Gasteiger partial charge < -0.3 is 10.6 Å². The van der Waals surface area contributed by atoms with Gasteiger partial charge in [-0.05, 0) is 38.0 Å². The molecule has 2 rings (SSSR count). The summed E-state index contributed by atoms with van der Waals surface area (Å²) >= 11 is 0. The molecule has 1 radical (unpaired) electrons. The number of nitrogens with one attached hydrogen (secondary N) is 2. The Morgan fingerprint density at radius 3 is 1.04 bits per heavy atom. The molecule has 135 valence electrons. The van der Waals surface area contributed by atoms with E-state index in [1.807, 2.05) is 0 Å². The Balaban J connectivity index is -0.000000247. The van der Waals surface area contributed by atoms with E-state index in [1.165, 1.54) is 13.8 Å². The summed E-state index contributed by atoms with van der Waals surface area (Å²) in [7, 11) is 0. The van der Waals surface area contributed by atoms with Crippen molar-refractivity contribution in [3.8, 4) is 0 Å². The van der Waals surface area contributed by atoms with E-state index in [-0.39, 0.29) is 28.2 Å². The Kier molecular flexibility index (Phi) is 21.5. The molecule has 2 aliphatic rings. The van der Waals surface area contributed by atoms with Crippen molar-refractivity contribution < 1.29 is 27.2 Å². The molecule has 4 N–H and O–H groups in total. The molecule has 10 nitrogen and oxygen atoms in total. The van der Waals surface area contributed by atoms with Crippen molar-refractivity contribution in [2.75, 3.05) is 26.2 Å². The molecule has 0 spiro atoms. The molecule has 0 aromatic carbocycles. The molecule has 23 heavy (non-hydrogen) atoms. The molecule has 2 aliphatic heterocycles. The van der Waals surface area contributed by atoms with E-state index in [0.717, 1.165) is 26.2 Å². The molecular formula is C12H24CoN6O4. The fourth-order valence-electron chi connectivity index (χ4n) is 0.299. The molecule has 0 aromatic heterocycles. The SMILES string of the molecule is C/C(N=O)=C(\C)NO.C/C(N=O)=C(\C)NO.C1C[N-]1.C1C[N-]1.[Co+2]. The molecular weight excluding hydrogens is 351 g/mol. The number of hydrogen-bond acceptors (Lipinski definition) is 8. The molecule has 0 unspecified atom stereocenters. The van der Waals surface area contributed by atoms with Gasteiger partial charge in [0, 0.05) is 0 Å². The van der Waals surface area contributed by atoms with Crippen molar-refractivity contribution in [2.24, 2.45) is 10.4 Å². The molecule has 0 bridgehead atoms. The number of nitroso groups, excluding NO2 is 2. The molecule has 2 saturated heterocycles. The normalized spacial score (nSPS) is 14.9. The van der Waals surface area contributed by atoms with Crippen molar-refractivity contribution in [3.63, 3.8) is 0 Å². The van der Waals surface area contributed by atoms with Crippen LogP contribution in [0.1, 0.15) is 27.7 Å². The van der Waals surface area contributed by atoms with E-state index in [0.29, 0.717) is 11.4 Å². The molecule has 11 heteroatoms. The largest absolute Gasteiger partial charge is 2.00 e. The van der Waals surface area contributed by atoms with Crippen LogP contribution in [0.25, 0.3) is 10.6 Å². The zero-order valence-corrected chi connectivity index (χ0v) is 14.7. The molecule has 0 aromatic rings. The van der Waals surface area contributed by atoms with Crippen molar-refractivity contribution in [3.05, 3.63) is 43.2 Å². The van der Waals surface area contributed by atoms with Crippen LogP contribution in [0.3, 0.4) is 0 Å². The van der Waals surface area contributed by atoms with Gasteiger partial charge in [0.05, 0.1) is 11.4 Å². The first-order valence-corrected chi connectivity index (χ1v) is 6.52. The number of nitrogens with zero attached hydrogens (tertiary/aromatic N) is 4. The molecule has 0 saturated carbocycles. The fraction of sp³-hybridized carbons (Fsp3) is 0.667. The molecule has 0 aliphatic carbocycles. The zero-order valence-electron chi connectivity index (χ0n) is 13.7. The molecule has 0 atom stereocenters. The summed E-state index contributed by atoms with van der Waals surface area (Å²) in [5, 5.41) is 28.9. The van der Waals surface area contributed by atoms with E-state index in [2.05, 4.69) is 21.0 Å². The maximum atomic E-state index is 9.65. The van der Waals surface area contributed by atoms with Gasteiger partial charge in [-0.2, -0.15) is 26.2 Å². The van der Waals surface area contributed by atoms with Crippen molar-refractivity contribution in [1.29, 1.82) is 0 Å². The van der Waals surface area contributed by atoms with E-state index in [4.69, 9.17) is 10.4 Å². The average molecular weight is 375 g/mol. The zero-order chi connectivity index (χ0) is 17.4. The van der Waals surface area contributed by atoms with Crippen LogP contribution in [0.15, 0.2) is 33.1 Å². The predicted octanol–water partition coefficient (Wildman–Crippen LogP) is 2.71. The summed E-state index contributed by atoms with van der Waals surface area (Å²) in [6.07, 6.45) is 0. The molecule has 0 amide bonds. The van der Waals surface area contributed by atoms with Crippen LogP contribution < -0.4 is 11.0 Å². The second kappa shape index (κ2) is 18.7. The van der Waals surface area contributed by atoms with Gasteiger partial charge in [-0.3, -0.25) is 21.4 Å². The van der Waals surface area contributed by atoms with Crippen molar-refractivity contribution in [2.45, 2.75) is 27.7 Å². The van der Waals surface area contributed by atoms with E-state index >= 15 is 0 Å². The topological polar surface area (TPSA) is 152 Å². The second-order valence-electron chi connectivity index (χ2n) is 4.17. The standard InChI is InChI=1S/2C4H8N2O2.2C2H4N.Co/c2*1-3(5-7)4(2)6-8;2*1-2-3-1;/h2*5,7H,1-2H3;2*1-2H2;/q;;2*-1;+2/b2*4-3-;;;. The summed E-state index contributed by atoms with van der Waals surface area (Å²) in [6, 6.07) is 0. The summed E-state index contributed by atoms with van der Waals surface area (Å²) in [6.45, 7) is 10.6. The van der Waals surface area contributed by atoms with Gasteiger partial charge in [-0.1, -0.05) is 0 Å². The minimum absolute atomic E-state index is 0. The van der Waals surface area contributed by atoms with E-state index in [1.54, 1.807) is 24.8 Å². The van der Waals surface area contributed by atoms with Crippen LogP contribution in [0.2, 0.25) is 0 Å². The minimum atomic E-state index is 0. The van der Waals surface area contributed by atoms with Gasteiger partial charge in [0.15, 0.2) is 0 Å². The van der Waals surface area contributed by atoms with Gasteiger partial charge in [0.1, 0.15) is 11.4 Å². The van der Waals surface area contributed by atoms with E-state index < -0.39 is 0 Å². The maximum absolute atomic E-state index is 9.65. The summed E-state index contributed by atoms with van der Waals surface area (Å²) in [5.41, 5.74) is 4.87. The van der Waals surface area contributed by atoms with Crippen LogP contribution in [0, 0.1) is 9.81 Å². The van der Waals surface area contributed by atoms with Crippen LogP contribution >= 0.6 is 0 Å². The summed E-state index contributed by atoms with van der Waals surface area (Å²) in [4.78, 5) is 19.3. The van der Waals surface area contributed by atoms with Gasteiger partial charge in [-0.15, -0.1) is 9.81 Å². The van der Waals surface area contributed by atoms with Crippen LogP contribution in [-0.2, 0) is 16.8 Å². The number of hydrogen-bond donors (Lipinski definition) is 4. The Bertz CT molecular complexity index is 344. The number of rotatable bonds is 4. The number of allylic oxidation sites excluding steroid dienone is 4. The van der Waals surface area contributed by atoms with Crippen molar-refractivity contribution >= 4 is 0 Å². The Hall–Kier alpha value is -1.37. The first kappa shape index (κ1) is 26.5. The van der Waals surface area contributed by atoms with Crippen LogP contribution in [-0.4, -0.2) is 36.6 Å².